The van der Waals surface area contributed by atoms with Crippen LogP contribution in [0.2, 0.25) is 0 Å². The first-order chi connectivity index (χ1) is 9.70. The number of rotatable bonds is 7. The van der Waals surface area contributed by atoms with Gasteiger partial charge in [-0.25, -0.2) is 8.42 Å². The van der Waals surface area contributed by atoms with E-state index in [1.165, 1.54) is 11.6 Å². The van der Waals surface area contributed by atoms with E-state index in [0.29, 0.717) is 24.5 Å². The molecule has 3 N–H and O–H groups in total. The molecule has 0 aromatic carbocycles. The van der Waals surface area contributed by atoms with Gasteiger partial charge in [0.2, 0.25) is 15.9 Å². The normalized spacial score (nSPS) is 13.2. The van der Waals surface area contributed by atoms with Gasteiger partial charge in [0.1, 0.15) is 4.90 Å². The number of aryl methyl sites for hydroxylation is 2. The average molecular weight is 317 g/mol. The van der Waals surface area contributed by atoms with Crippen LogP contribution in [0.4, 0.5) is 0 Å². The van der Waals surface area contributed by atoms with E-state index in [1.807, 2.05) is 0 Å². The number of carbonyl (C=O) groups excluding carboxylic acids is 1. The topological polar surface area (TPSA) is 105 Å². The zero-order valence-corrected chi connectivity index (χ0v) is 13.8. The summed E-state index contributed by atoms with van der Waals surface area (Å²) in [5.74, 6) is -0.368. The number of sulfonamides is 1. The number of likely N-dealkylation sites (N-methyl/N-ethyl adjacent to an activating group) is 1. The predicted molar refractivity (Wildman–Crippen MR) is 79.4 cm³/mol. The fourth-order valence-electron chi connectivity index (χ4n) is 1.95. The third-order valence-corrected chi connectivity index (χ3v) is 4.90. The molecule has 0 aliphatic rings. The first-order valence-electron chi connectivity index (χ1n) is 6.65. The highest BCUT2D eigenvalue weighted by Gasteiger charge is 2.27. The number of amides is 1. The maximum absolute atomic E-state index is 12.4. The van der Waals surface area contributed by atoms with Crippen LogP contribution in [0, 0.1) is 13.8 Å². The summed E-state index contributed by atoms with van der Waals surface area (Å²) < 4.78 is 28.6. The van der Waals surface area contributed by atoms with Crippen molar-refractivity contribution in [2.24, 2.45) is 7.05 Å². The smallest absolute Gasteiger partial charge is 0.244 e. The van der Waals surface area contributed by atoms with Gasteiger partial charge in [0.25, 0.3) is 0 Å². The maximum atomic E-state index is 12.4. The van der Waals surface area contributed by atoms with Crippen LogP contribution in [-0.4, -0.2) is 50.3 Å². The molecule has 21 heavy (non-hydrogen) atoms. The molecule has 9 heteroatoms. The number of nitrogens with one attached hydrogen (secondary N) is 3. The molecule has 1 heterocycles. The second kappa shape index (κ2) is 7.01. The van der Waals surface area contributed by atoms with Crippen molar-refractivity contribution < 1.29 is 13.2 Å². The van der Waals surface area contributed by atoms with Crippen molar-refractivity contribution in [2.75, 3.05) is 20.1 Å². The highest BCUT2D eigenvalue weighted by Crippen LogP contribution is 2.18. The molecule has 1 aromatic heterocycles. The van der Waals surface area contributed by atoms with E-state index in [0.717, 1.165) is 0 Å². The minimum absolute atomic E-state index is 0.125. The lowest BCUT2D eigenvalue weighted by atomic mass is 10.3. The Morgan fingerprint density at radius 3 is 2.43 bits per heavy atom. The number of nitrogens with zero attached hydrogens (tertiary/aromatic N) is 2. The van der Waals surface area contributed by atoms with Gasteiger partial charge in [-0.15, -0.1) is 0 Å². The number of hydrogen-bond acceptors (Lipinski definition) is 5. The molecule has 1 amide bonds. The zero-order valence-electron chi connectivity index (χ0n) is 13.0. The summed E-state index contributed by atoms with van der Waals surface area (Å²) in [7, 11) is -0.340. The van der Waals surface area contributed by atoms with Gasteiger partial charge in [-0.05, 0) is 27.8 Å². The van der Waals surface area contributed by atoms with Crippen molar-refractivity contribution in [3.8, 4) is 0 Å². The minimum atomic E-state index is -3.79. The summed E-state index contributed by atoms with van der Waals surface area (Å²) in [4.78, 5) is 11.9. The molecule has 0 aliphatic heterocycles. The van der Waals surface area contributed by atoms with Crippen LogP contribution in [0.1, 0.15) is 18.3 Å². The summed E-state index contributed by atoms with van der Waals surface area (Å²) in [6.07, 6.45) is 0. The molecule has 0 fully saturated rings. The molecule has 1 atom stereocenters. The fraction of sp³-hybridized carbons (Fsp3) is 0.667. The number of aromatic nitrogens is 2. The Morgan fingerprint density at radius 1 is 1.33 bits per heavy atom. The van der Waals surface area contributed by atoms with Crippen LogP contribution < -0.4 is 15.4 Å². The summed E-state index contributed by atoms with van der Waals surface area (Å²) in [5, 5.41) is 9.61. The van der Waals surface area contributed by atoms with Crippen LogP contribution in [0.3, 0.4) is 0 Å². The summed E-state index contributed by atoms with van der Waals surface area (Å²) >= 11 is 0. The van der Waals surface area contributed by atoms with Crippen LogP contribution in [-0.2, 0) is 21.9 Å². The monoisotopic (exact) mass is 317 g/mol. The van der Waals surface area contributed by atoms with E-state index in [9.17, 15) is 13.2 Å². The van der Waals surface area contributed by atoms with Gasteiger partial charge < -0.3 is 10.6 Å². The summed E-state index contributed by atoms with van der Waals surface area (Å²) in [5.41, 5.74) is 0.938. The lowest BCUT2D eigenvalue weighted by Gasteiger charge is -2.14. The molecule has 0 saturated heterocycles. The van der Waals surface area contributed by atoms with E-state index < -0.39 is 16.1 Å². The summed E-state index contributed by atoms with van der Waals surface area (Å²) in [6.45, 7) is 5.86. The highest BCUT2D eigenvalue weighted by molar-refractivity contribution is 7.89. The molecule has 0 spiro atoms. The predicted octanol–water partition coefficient (Wildman–Crippen LogP) is -0.961. The molecule has 0 aliphatic carbocycles. The third kappa shape index (κ3) is 4.26. The van der Waals surface area contributed by atoms with Crippen molar-refractivity contribution in [3.63, 3.8) is 0 Å². The van der Waals surface area contributed by atoms with Crippen LogP contribution >= 0.6 is 0 Å². The second-order valence-corrected chi connectivity index (χ2v) is 6.51. The molecule has 1 aromatic rings. The number of carbonyl (C=O) groups is 1. The van der Waals surface area contributed by atoms with Gasteiger partial charge in [-0.3, -0.25) is 9.48 Å². The van der Waals surface area contributed by atoms with Crippen molar-refractivity contribution in [1.82, 2.24) is 25.1 Å². The van der Waals surface area contributed by atoms with Gasteiger partial charge in [0, 0.05) is 20.1 Å². The second-order valence-electron chi connectivity index (χ2n) is 4.86. The number of hydrogen-bond donors (Lipinski definition) is 3. The quantitative estimate of drug-likeness (QED) is 0.562. The van der Waals surface area contributed by atoms with Gasteiger partial charge in [-0.1, -0.05) is 0 Å². The molecule has 1 unspecified atom stereocenters. The zero-order chi connectivity index (χ0) is 16.2. The standard InChI is InChI=1S/C12H23N5O3S/c1-8-11(10(3)17(5)15-8)21(19,20)16-9(2)12(18)14-7-6-13-4/h9,13,16H,6-7H2,1-5H3,(H,14,18). The Bertz CT molecular complexity index is 609. The van der Waals surface area contributed by atoms with Gasteiger partial charge in [0.15, 0.2) is 0 Å². The van der Waals surface area contributed by atoms with Gasteiger partial charge in [0.05, 0.1) is 17.4 Å². The van der Waals surface area contributed by atoms with Crippen LogP contribution in [0.15, 0.2) is 4.90 Å². The Hall–Kier alpha value is -1.45. The molecule has 1 rings (SSSR count). The van der Waals surface area contributed by atoms with Crippen LogP contribution in [0.5, 0.6) is 0 Å². The van der Waals surface area contributed by atoms with Gasteiger partial charge >= 0.3 is 0 Å². The van der Waals surface area contributed by atoms with Crippen molar-refractivity contribution in [2.45, 2.75) is 31.7 Å². The largest absolute Gasteiger partial charge is 0.353 e. The molecule has 120 valence electrons. The molecular weight excluding hydrogens is 294 g/mol. The Kier molecular flexibility index (Phi) is 5.87. The lowest BCUT2D eigenvalue weighted by Crippen LogP contribution is -2.46. The first-order valence-corrected chi connectivity index (χ1v) is 8.14. The SMILES string of the molecule is CNCCNC(=O)C(C)NS(=O)(=O)c1c(C)nn(C)c1C. The van der Waals surface area contributed by atoms with E-state index >= 15 is 0 Å². The highest BCUT2D eigenvalue weighted by atomic mass is 32.2. The molecule has 0 saturated carbocycles. The Labute approximate surface area is 125 Å². The van der Waals surface area contributed by atoms with Gasteiger partial charge in [-0.2, -0.15) is 9.82 Å². The van der Waals surface area contributed by atoms with Crippen LogP contribution in [0.25, 0.3) is 0 Å². The maximum Gasteiger partial charge on any atom is 0.244 e. The fourth-order valence-corrected chi connectivity index (χ4v) is 3.59. The van der Waals surface area contributed by atoms with E-state index in [-0.39, 0.29) is 10.8 Å². The lowest BCUT2D eigenvalue weighted by molar-refractivity contribution is -0.122. The average Bonchev–Trinajstić information content (AvgIpc) is 2.63. The first kappa shape index (κ1) is 17.6. The molecule has 8 nitrogen and oxygen atoms in total. The summed E-state index contributed by atoms with van der Waals surface area (Å²) in [6, 6.07) is -0.856. The van der Waals surface area contributed by atoms with E-state index in [2.05, 4.69) is 20.5 Å². The van der Waals surface area contributed by atoms with Crippen molar-refractivity contribution in [3.05, 3.63) is 11.4 Å². The Morgan fingerprint density at radius 2 is 1.95 bits per heavy atom. The van der Waals surface area contributed by atoms with Crippen molar-refractivity contribution in [1.29, 1.82) is 0 Å². The minimum Gasteiger partial charge on any atom is -0.353 e. The molecular formula is C12H23N5O3S. The third-order valence-electron chi connectivity index (χ3n) is 3.11. The molecule has 0 bridgehead atoms. The molecule has 0 radical (unpaired) electrons. The van der Waals surface area contributed by atoms with E-state index in [4.69, 9.17) is 0 Å². The van der Waals surface area contributed by atoms with Crippen molar-refractivity contribution >= 4 is 15.9 Å². The van der Waals surface area contributed by atoms with E-state index in [1.54, 1.807) is 27.9 Å². The Balaban J connectivity index is 2.83.